The molecule has 7 nitrogen and oxygen atoms in total. The molecule has 1 aromatic heterocycles. The molecule has 0 bridgehead atoms. The molecule has 2 aromatic rings. The molecule has 1 heterocycles. The number of anilines is 1. The van der Waals surface area contributed by atoms with E-state index in [1.807, 2.05) is 0 Å². The van der Waals surface area contributed by atoms with Crippen molar-refractivity contribution in [2.24, 2.45) is 0 Å². The molecule has 0 amide bonds. The van der Waals surface area contributed by atoms with Gasteiger partial charge in [-0.1, -0.05) is 29.8 Å². The van der Waals surface area contributed by atoms with E-state index >= 15 is 0 Å². The van der Waals surface area contributed by atoms with Crippen LogP contribution in [-0.4, -0.2) is 21.2 Å². The Labute approximate surface area is 125 Å². The molecule has 0 saturated carbocycles. The van der Waals surface area contributed by atoms with Crippen LogP contribution in [0, 0.1) is 17.0 Å². The molecule has 0 atom stereocenters. The number of carbonyl (C=O) groups is 1. The first-order valence-electron chi connectivity index (χ1n) is 5.98. The highest BCUT2D eigenvalue weighted by atomic mass is 35.5. The fourth-order valence-corrected chi connectivity index (χ4v) is 2.06. The minimum Gasteiger partial charge on any atom is -0.365 e. The maximum absolute atomic E-state index is 11.0. The van der Waals surface area contributed by atoms with Crippen molar-refractivity contribution in [3.8, 4) is 0 Å². The van der Waals surface area contributed by atoms with Gasteiger partial charge in [-0.15, -0.1) is 0 Å². The maximum Gasteiger partial charge on any atom is 0.274 e. The van der Waals surface area contributed by atoms with Crippen molar-refractivity contribution in [3.63, 3.8) is 0 Å². The molecule has 0 saturated heterocycles. The molecule has 0 unspecified atom stereocenters. The smallest absolute Gasteiger partial charge is 0.274 e. The average Bonchev–Trinajstić information content (AvgIpc) is 2.44. The summed E-state index contributed by atoms with van der Waals surface area (Å²) < 4.78 is 0. The van der Waals surface area contributed by atoms with E-state index in [2.05, 4.69) is 15.3 Å². The molecule has 0 fully saturated rings. The largest absolute Gasteiger partial charge is 0.365 e. The molecule has 0 aliphatic carbocycles. The van der Waals surface area contributed by atoms with Gasteiger partial charge in [0.05, 0.1) is 10.5 Å². The number of hydrogen-bond acceptors (Lipinski definition) is 6. The zero-order valence-electron chi connectivity index (χ0n) is 11.0. The van der Waals surface area contributed by atoms with Crippen molar-refractivity contribution in [2.45, 2.75) is 13.5 Å². The van der Waals surface area contributed by atoms with Gasteiger partial charge in [-0.3, -0.25) is 14.9 Å². The molecule has 0 aliphatic heterocycles. The first-order valence-corrected chi connectivity index (χ1v) is 6.36. The molecule has 1 aromatic carbocycles. The van der Waals surface area contributed by atoms with Gasteiger partial charge in [0.2, 0.25) is 0 Å². The summed E-state index contributed by atoms with van der Waals surface area (Å²) in [4.78, 5) is 29.5. The number of aryl methyl sites for hydroxylation is 1. The summed E-state index contributed by atoms with van der Waals surface area (Å²) >= 11 is 5.87. The van der Waals surface area contributed by atoms with Crippen LogP contribution in [0.2, 0.25) is 5.15 Å². The summed E-state index contributed by atoms with van der Waals surface area (Å²) in [5.74, 6) is 0.649. The van der Waals surface area contributed by atoms with Gasteiger partial charge in [-0.2, -0.15) is 0 Å². The average molecular weight is 307 g/mol. The summed E-state index contributed by atoms with van der Waals surface area (Å²) in [7, 11) is 0. The predicted molar refractivity (Wildman–Crippen MR) is 77.6 cm³/mol. The molecule has 8 heteroatoms. The summed E-state index contributed by atoms with van der Waals surface area (Å²) in [6.07, 6.45) is 0.545. The SMILES string of the molecule is Cc1nc(Cl)c(C=O)c(NCc2ccccc2[N+](=O)[O-])n1. The van der Waals surface area contributed by atoms with Gasteiger partial charge in [0, 0.05) is 18.2 Å². The molecular formula is C13H11ClN4O3. The molecule has 0 spiro atoms. The highest BCUT2D eigenvalue weighted by Gasteiger charge is 2.14. The number of rotatable bonds is 5. The highest BCUT2D eigenvalue weighted by molar-refractivity contribution is 6.32. The highest BCUT2D eigenvalue weighted by Crippen LogP contribution is 2.22. The molecule has 0 aliphatic rings. The van der Waals surface area contributed by atoms with E-state index < -0.39 is 4.92 Å². The lowest BCUT2D eigenvalue weighted by atomic mass is 10.2. The number of aldehydes is 1. The second-order valence-corrected chi connectivity index (χ2v) is 4.54. The Kier molecular flexibility index (Phi) is 4.44. The standard InChI is InChI=1S/C13H11ClN4O3/c1-8-16-12(14)10(7-19)13(17-8)15-6-9-4-2-3-5-11(9)18(20)21/h2-5,7H,6H2,1H3,(H,15,16,17). The van der Waals surface area contributed by atoms with Crippen LogP contribution in [0.3, 0.4) is 0 Å². The Morgan fingerprint density at radius 1 is 1.38 bits per heavy atom. The number of nitro benzene ring substituents is 1. The summed E-state index contributed by atoms with van der Waals surface area (Å²) in [5.41, 5.74) is 0.599. The van der Waals surface area contributed by atoms with Crippen molar-refractivity contribution in [3.05, 3.63) is 56.5 Å². The van der Waals surface area contributed by atoms with Crippen molar-refractivity contribution in [1.82, 2.24) is 9.97 Å². The fraction of sp³-hybridized carbons (Fsp3) is 0.154. The minimum absolute atomic E-state index is 0.00507. The first kappa shape index (κ1) is 14.9. The zero-order valence-corrected chi connectivity index (χ0v) is 11.8. The van der Waals surface area contributed by atoms with Gasteiger partial charge in [0.25, 0.3) is 5.69 Å². The van der Waals surface area contributed by atoms with Crippen molar-refractivity contribution >= 4 is 29.4 Å². The summed E-state index contributed by atoms with van der Waals surface area (Å²) in [5, 5.41) is 13.9. The Hall–Kier alpha value is -2.54. The van der Waals surface area contributed by atoms with E-state index in [4.69, 9.17) is 11.6 Å². The number of para-hydroxylation sites is 1. The normalized spacial score (nSPS) is 10.2. The van der Waals surface area contributed by atoms with E-state index in [0.29, 0.717) is 17.7 Å². The van der Waals surface area contributed by atoms with Crippen molar-refractivity contribution < 1.29 is 9.72 Å². The third-order valence-electron chi connectivity index (χ3n) is 2.76. The van der Waals surface area contributed by atoms with Crippen LogP contribution in [0.25, 0.3) is 0 Å². The van der Waals surface area contributed by atoms with Crippen molar-refractivity contribution in [2.75, 3.05) is 5.32 Å². The number of halogens is 1. The number of carbonyl (C=O) groups excluding carboxylic acids is 1. The summed E-state index contributed by atoms with van der Waals surface area (Å²) in [6.45, 7) is 1.78. The van der Waals surface area contributed by atoms with E-state index in [1.54, 1.807) is 25.1 Å². The topological polar surface area (TPSA) is 98.0 Å². The molecular weight excluding hydrogens is 296 g/mol. The van der Waals surface area contributed by atoms with Crippen LogP contribution >= 0.6 is 11.6 Å². The van der Waals surface area contributed by atoms with E-state index in [0.717, 1.165) is 0 Å². The van der Waals surface area contributed by atoms with Gasteiger partial charge < -0.3 is 5.32 Å². The van der Waals surface area contributed by atoms with Crippen LogP contribution in [0.4, 0.5) is 11.5 Å². The second kappa shape index (κ2) is 6.27. The van der Waals surface area contributed by atoms with Gasteiger partial charge >= 0.3 is 0 Å². The second-order valence-electron chi connectivity index (χ2n) is 4.18. The Morgan fingerprint density at radius 2 is 2.10 bits per heavy atom. The lowest BCUT2D eigenvalue weighted by molar-refractivity contribution is -0.385. The number of nitrogens with zero attached hydrogens (tertiary/aromatic N) is 3. The monoisotopic (exact) mass is 306 g/mol. The van der Waals surface area contributed by atoms with Crippen LogP contribution in [-0.2, 0) is 6.54 Å². The quantitative estimate of drug-likeness (QED) is 0.395. The zero-order chi connectivity index (χ0) is 15.4. The third kappa shape index (κ3) is 3.32. The number of hydrogen-bond donors (Lipinski definition) is 1. The molecule has 0 radical (unpaired) electrons. The predicted octanol–water partition coefficient (Wildman–Crippen LogP) is 2.77. The Balaban J connectivity index is 2.29. The number of nitro groups is 1. The Morgan fingerprint density at radius 3 is 2.76 bits per heavy atom. The lowest BCUT2D eigenvalue weighted by Crippen LogP contribution is -2.08. The van der Waals surface area contributed by atoms with Gasteiger partial charge in [0.1, 0.15) is 16.8 Å². The van der Waals surface area contributed by atoms with E-state index in [1.165, 1.54) is 6.07 Å². The summed E-state index contributed by atoms with van der Waals surface area (Å²) in [6, 6.07) is 6.32. The van der Waals surface area contributed by atoms with Crippen molar-refractivity contribution in [1.29, 1.82) is 0 Å². The van der Waals surface area contributed by atoms with Gasteiger partial charge in [-0.25, -0.2) is 9.97 Å². The van der Waals surface area contributed by atoms with Crippen LogP contribution < -0.4 is 5.32 Å². The minimum atomic E-state index is -0.462. The van der Waals surface area contributed by atoms with Gasteiger partial charge in [-0.05, 0) is 6.92 Å². The number of benzene rings is 1. The number of aromatic nitrogens is 2. The van der Waals surface area contributed by atoms with Crippen LogP contribution in [0.1, 0.15) is 21.7 Å². The molecule has 1 N–H and O–H groups in total. The lowest BCUT2D eigenvalue weighted by Gasteiger charge is -2.09. The van der Waals surface area contributed by atoms with Crippen LogP contribution in [0.15, 0.2) is 24.3 Å². The number of nitrogens with one attached hydrogen (secondary N) is 1. The molecule has 108 valence electrons. The van der Waals surface area contributed by atoms with Crippen LogP contribution in [0.5, 0.6) is 0 Å². The fourth-order valence-electron chi connectivity index (χ4n) is 1.80. The first-order chi connectivity index (χ1) is 10.0. The van der Waals surface area contributed by atoms with Gasteiger partial charge in [0.15, 0.2) is 6.29 Å². The molecule has 2 rings (SSSR count). The van der Waals surface area contributed by atoms with E-state index in [9.17, 15) is 14.9 Å². The molecule has 21 heavy (non-hydrogen) atoms. The van der Waals surface area contributed by atoms with E-state index in [-0.39, 0.29) is 28.8 Å². The maximum atomic E-state index is 11.0. The third-order valence-corrected chi connectivity index (χ3v) is 3.05. The Bertz CT molecular complexity index is 706.